The molecular weight excluding hydrogens is 114 g/mol. The summed E-state index contributed by atoms with van der Waals surface area (Å²) in [5.41, 5.74) is -0.682. The predicted molar refractivity (Wildman–Crippen MR) is 24.4 cm³/mol. The van der Waals surface area contributed by atoms with Crippen molar-refractivity contribution in [2.75, 3.05) is 0 Å². The van der Waals surface area contributed by atoms with Crippen LogP contribution in [-0.4, -0.2) is 5.60 Å². The minimum Gasteiger partial charge on any atom is -0.474 e. The molecule has 0 aromatic carbocycles. The number of epoxide rings is 1. The van der Waals surface area contributed by atoms with Gasteiger partial charge in [-0.1, -0.05) is 0 Å². The second-order valence-electron chi connectivity index (χ2n) is 2.20. The van der Waals surface area contributed by atoms with Crippen LogP contribution < -0.4 is 0 Å². The van der Waals surface area contributed by atoms with Crippen LogP contribution in [0, 0.1) is 0 Å². The molecule has 8 heavy (non-hydrogen) atoms. The van der Waals surface area contributed by atoms with Crippen molar-refractivity contribution in [1.29, 1.82) is 0 Å². The fourth-order valence-corrected chi connectivity index (χ4v) is 0.496. The van der Waals surface area contributed by atoms with Crippen molar-refractivity contribution in [1.82, 2.24) is 0 Å². The molecule has 1 aliphatic rings. The Morgan fingerprint density at radius 2 is 1.88 bits per heavy atom. The summed E-state index contributed by atoms with van der Waals surface area (Å²) in [5.74, 6) is -0.169. The maximum Gasteiger partial charge on any atom is 0.311 e. The number of rotatable bonds is 0. The van der Waals surface area contributed by atoms with Gasteiger partial charge in [-0.05, 0) is 13.8 Å². The summed E-state index contributed by atoms with van der Waals surface area (Å²) in [6, 6.07) is 0. The summed E-state index contributed by atoms with van der Waals surface area (Å²) < 4.78 is 27.4. The molecule has 1 heterocycles. The maximum atomic E-state index is 11.5. The molecule has 0 unspecified atom stereocenters. The molecule has 0 radical (unpaired) electrons. The van der Waals surface area contributed by atoms with Crippen LogP contribution in [0.25, 0.3) is 0 Å². The molecule has 0 N–H and O–H groups in total. The van der Waals surface area contributed by atoms with Crippen LogP contribution in [0.3, 0.4) is 0 Å². The van der Waals surface area contributed by atoms with Gasteiger partial charge in [-0.25, -0.2) is 0 Å². The van der Waals surface area contributed by atoms with Gasteiger partial charge >= 0.3 is 6.08 Å². The SMILES string of the molecule is CC1(C)OC1=C(F)F. The van der Waals surface area contributed by atoms with E-state index >= 15 is 0 Å². The Bertz CT molecular complexity index is 145. The van der Waals surface area contributed by atoms with E-state index in [-0.39, 0.29) is 5.76 Å². The molecule has 1 nitrogen and oxygen atoms in total. The third kappa shape index (κ3) is 0.680. The summed E-state index contributed by atoms with van der Waals surface area (Å²) in [5, 5.41) is 0. The molecule has 0 saturated carbocycles. The average Bonchev–Trinajstić information content (AvgIpc) is 2.13. The summed E-state index contributed by atoms with van der Waals surface area (Å²) in [7, 11) is 0. The summed E-state index contributed by atoms with van der Waals surface area (Å²) in [6.45, 7) is 3.20. The first kappa shape index (κ1) is 5.54. The second kappa shape index (κ2) is 1.21. The van der Waals surface area contributed by atoms with Crippen LogP contribution >= 0.6 is 0 Å². The summed E-state index contributed by atoms with van der Waals surface area (Å²) in [4.78, 5) is 0. The van der Waals surface area contributed by atoms with Crippen LogP contribution in [0.15, 0.2) is 11.8 Å². The first-order valence-electron chi connectivity index (χ1n) is 2.29. The van der Waals surface area contributed by atoms with Crippen molar-refractivity contribution in [3.05, 3.63) is 11.8 Å². The van der Waals surface area contributed by atoms with Crippen LogP contribution in [-0.2, 0) is 4.74 Å². The molecule has 0 amide bonds. The molecule has 0 atom stereocenters. The topological polar surface area (TPSA) is 12.5 Å². The zero-order chi connectivity index (χ0) is 6.36. The van der Waals surface area contributed by atoms with E-state index in [1.54, 1.807) is 13.8 Å². The monoisotopic (exact) mass is 120 g/mol. The van der Waals surface area contributed by atoms with Crippen LogP contribution in [0.5, 0.6) is 0 Å². The maximum absolute atomic E-state index is 11.5. The Morgan fingerprint density at radius 3 is 1.88 bits per heavy atom. The first-order valence-corrected chi connectivity index (χ1v) is 2.29. The minimum absolute atomic E-state index is 0.169. The van der Waals surface area contributed by atoms with Gasteiger partial charge in [0, 0.05) is 0 Å². The second-order valence-corrected chi connectivity index (χ2v) is 2.20. The van der Waals surface area contributed by atoms with Gasteiger partial charge in [0.25, 0.3) is 0 Å². The summed E-state index contributed by atoms with van der Waals surface area (Å²) in [6.07, 6.45) is -1.70. The lowest BCUT2D eigenvalue weighted by Gasteiger charge is -1.80. The fraction of sp³-hybridized carbons (Fsp3) is 0.600. The molecule has 46 valence electrons. The third-order valence-electron chi connectivity index (χ3n) is 1.03. The van der Waals surface area contributed by atoms with E-state index in [1.807, 2.05) is 0 Å². The molecule has 1 rings (SSSR count). The Labute approximate surface area is 45.9 Å². The zero-order valence-electron chi connectivity index (χ0n) is 4.66. The number of halogens is 2. The van der Waals surface area contributed by atoms with Crippen molar-refractivity contribution in [2.24, 2.45) is 0 Å². The van der Waals surface area contributed by atoms with Crippen LogP contribution in [0.2, 0.25) is 0 Å². The molecule has 0 aromatic rings. The van der Waals surface area contributed by atoms with Crippen molar-refractivity contribution in [3.8, 4) is 0 Å². The molecule has 0 bridgehead atoms. The highest BCUT2D eigenvalue weighted by molar-refractivity contribution is 5.21. The van der Waals surface area contributed by atoms with Crippen molar-refractivity contribution >= 4 is 0 Å². The van der Waals surface area contributed by atoms with Gasteiger partial charge in [0.2, 0.25) is 5.76 Å². The minimum atomic E-state index is -1.70. The van der Waals surface area contributed by atoms with Gasteiger partial charge in [-0.3, -0.25) is 0 Å². The molecule has 1 aliphatic heterocycles. The molecule has 0 aliphatic carbocycles. The number of hydrogen-bond acceptors (Lipinski definition) is 1. The van der Waals surface area contributed by atoms with E-state index in [0.717, 1.165) is 0 Å². The van der Waals surface area contributed by atoms with Crippen molar-refractivity contribution in [2.45, 2.75) is 19.4 Å². The molecule has 1 fully saturated rings. The standard InChI is InChI=1S/C5H6F2O/c1-5(2)3(8-5)4(6)7/h1-2H3. The zero-order valence-corrected chi connectivity index (χ0v) is 4.66. The molecular formula is C5H6F2O. The Balaban J connectivity index is 2.73. The Hall–Kier alpha value is -0.600. The number of ether oxygens (including phenoxy) is 1. The van der Waals surface area contributed by atoms with E-state index in [4.69, 9.17) is 0 Å². The van der Waals surface area contributed by atoms with Crippen molar-refractivity contribution < 1.29 is 13.5 Å². The fourth-order valence-electron chi connectivity index (χ4n) is 0.496. The largest absolute Gasteiger partial charge is 0.474 e. The van der Waals surface area contributed by atoms with Gasteiger partial charge in [0.15, 0.2) is 5.60 Å². The van der Waals surface area contributed by atoms with E-state index < -0.39 is 11.7 Å². The van der Waals surface area contributed by atoms with Gasteiger partial charge < -0.3 is 4.74 Å². The third-order valence-corrected chi connectivity index (χ3v) is 1.03. The van der Waals surface area contributed by atoms with Gasteiger partial charge in [0.1, 0.15) is 0 Å². The molecule has 0 spiro atoms. The molecule has 3 heteroatoms. The number of hydrogen-bond donors (Lipinski definition) is 0. The molecule has 0 aromatic heterocycles. The van der Waals surface area contributed by atoms with E-state index in [9.17, 15) is 8.78 Å². The van der Waals surface area contributed by atoms with Gasteiger partial charge in [-0.2, -0.15) is 8.78 Å². The van der Waals surface area contributed by atoms with Crippen molar-refractivity contribution in [3.63, 3.8) is 0 Å². The Kier molecular flexibility index (Phi) is 0.840. The highest BCUT2D eigenvalue weighted by Gasteiger charge is 2.47. The van der Waals surface area contributed by atoms with E-state index in [0.29, 0.717) is 0 Å². The van der Waals surface area contributed by atoms with E-state index in [2.05, 4.69) is 4.74 Å². The lowest BCUT2D eigenvalue weighted by Crippen LogP contribution is -1.91. The summed E-state index contributed by atoms with van der Waals surface area (Å²) >= 11 is 0. The van der Waals surface area contributed by atoms with Gasteiger partial charge in [0.05, 0.1) is 0 Å². The molecule has 1 saturated heterocycles. The highest BCUT2D eigenvalue weighted by Crippen LogP contribution is 2.42. The van der Waals surface area contributed by atoms with Crippen LogP contribution in [0.4, 0.5) is 8.78 Å². The lowest BCUT2D eigenvalue weighted by atomic mass is 10.2. The van der Waals surface area contributed by atoms with E-state index in [1.165, 1.54) is 0 Å². The quantitative estimate of drug-likeness (QED) is 0.445. The first-order chi connectivity index (χ1) is 3.54. The predicted octanol–water partition coefficient (Wildman–Crippen LogP) is 1.90. The highest BCUT2D eigenvalue weighted by atomic mass is 19.3. The Morgan fingerprint density at radius 1 is 1.50 bits per heavy atom. The smallest absolute Gasteiger partial charge is 0.311 e. The van der Waals surface area contributed by atoms with Crippen LogP contribution in [0.1, 0.15) is 13.8 Å². The van der Waals surface area contributed by atoms with Gasteiger partial charge in [-0.15, -0.1) is 0 Å². The average molecular weight is 120 g/mol. The normalized spacial score (nSPS) is 22.2. The lowest BCUT2D eigenvalue weighted by molar-refractivity contribution is 0.341.